The summed E-state index contributed by atoms with van der Waals surface area (Å²) in [6, 6.07) is 8.03. The van der Waals surface area contributed by atoms with E-state index in [1.165, 1.54) is 0 Å². The summed E-state index contributed by atoms with van der Waals surface area (Å²) in [5.74, 6) is 0.879. The number of hydrogen-bond acceptors (Lipinski definition) is 2. The highest BCUT2D eigenvalue weighted by atomic mass is 127. The number of halogens is 1. The normalized spacial score (nSPS) is 22.6. The van der Waals surface area contributed by atoms with Gasteiger partial charge in [-0.3, -0.25) is 4.79 Å². The summed E-state index contributed by atoms with van der Waals surface area (Å²) in [6.07, 6.45) is 0. The van der Waals surface area contributed by atoms with Crippen LogP contribution in [0, 0.1) is 0 Å². The van der Waals surface area contributed by atoms with Crippen molar-refractivity contribution in [1.82, 2.24) is 4.57 Å². The van der Waals surface area contributed by atoms with Gasteiger partial charge in [0.15, 0.2) is 5.75 Å². The Morgan fingerprint density at radius 2 is 2.11 bits per heavy atom. The maximum absolute atomic E-state index is 12.3. The second-order valence-corrected chi connectivity index (χ2v) is 6.34. The van der Waals surface area contributed by atoms with Crippen molar-refractivity contribution >= 4 is 33.5 Å². The molecular weight excluding hydrogens is 341 g/mol. The molecule has 0 radical (unpaired) electrons. The van der Waals surface area contributed by atoms with Crippen molar-refractivity contribution in [3.05, 3.63) is 40.2 Å². The van der Waals surface area contributed by atoms with Crippen LogP contribution in [0.5, 0.6) is 5.75 Å². The molecule has 2 heterocycles. The van der Waals surface area contributed by atoms with E-state index >= 15 is 0 Å². The first-order valence-corrected chi connectivity index (χ1v) is 7.24. The Morgan fingerprint density at radius 1 is 1.39 bits per heavy atom. The molecular formula is C14H14INO2. The molecule has 94 valence electrons. The number of nitrogens with zero attached hydrogens (tertiary/aromatic N) is 1. The summed E-state index contributed by atoms with van der Waals surface area (Å²) in [4.78, 5) is 12.3. The molecule has 2 unspecified atom stereocenters. The van der Waals surface area contributed by atoms with Crippen LogP contribution in [0.15, 0.2) is 29.1 Å². The first kappa shape index (κ1) is 12.0. The molecule has 1 aromatic heterocycles. The van der Waals surface area contributed by atoms with E-state index in [0.717, 1.165) is 16.5 Å². The number of fused-ring (bicyclic) bond motifs is 3. The van der Waals surface area contributed by atoms with Crippen LogP contribution in [0.4, 0.5) is 0 Å². The highest BCUT2D eigenvalue weighted by Crippen LogP contribution is 2.38. The van der Waals surface area contributed by atoms with Gasteiger partial charge in [0, 0.05) is 23.9 Å². The van der Waals surface area contributed by atoms with Gasteiger partial charge in [0.2, 0.25) is 0 Å². The summed E-state index contributed by atoms with van der Waals surface area (Å²) in [6.45, 7) is 2.78. The van der Waals surface area contributed by atoms with Gasteiger partial charge < -0.3 is 9.30 Å². The van der Waals surface area contributed by atoms with E-state index < -0.39 is 0 Å². The summed E-state index contributed by atoms with van der Waals surface area (Å²) in [7, 11) is 1.80. The average Bonchev–Trinajstić information content (AvgIpc) is 2.39. The largest absolute Gasteiger partial charge is 0.486 e. The minimum Gasteiger partial charge on any atom is -0.486 e. The number of ether oxygens (including phenoxy) is 1. The van der Waals surface area contributed by atoms with E-state index in [4.69, 9.17) is 4.74 Å². The van der Waals surface area contributed by atoms with Crippen molar-refractivity contribution < 1.29 is 4.74 Å². The Balaban J connectivity index is 2.47. The van der Waals surface area contributed by atoms with Crippen LogP contribution in [0.3, 0.4) is 0 Å². The van der Waals surface area contributed by atoms with Crippen molar-refractivity contribution in [2.45, 2.75) is 16.8 Å². The highest BCUT2D eigenvalue weighted by molar-refractivity contribution is 14.1. The summed E-state index contributed by atoms with van der Waals surface area (Å²) >= 11 is 2.40. The van der Waals surface area contributed by atoms with E-state index in [2.05, 4.69) is 35.6 Å². The molecule has 0 fully saturated rings. The monoisotopic (exact) mass is 355 g/mol. The first-order chi connectivity index (χ1) is 8.61. The van der Waals surface area contributed by atoms with Gasteiger partial charge in [0.25, 0.3) is 5.56 Å². The van der Waals surface area contributed by atoms with Crippen molar-refractivity contribution in [3.63, 3.8) is 0 Å². The Hall–Kier alpha value is -1.04. The van der Waals surface area contributed by atoms with Crippen LogP contribution in [-0.4, -0.2) is 15.1 Å². The predicted octanol–water partition coefficient (Wildman–Crippen LogP) is 2.84. The fraction of sp³-hybridized carbons (Fsp3) is 0.357. The van der Waals surface area contributed by atoms with Crippen LogP contribution in [-0.2, 0) is 7.05 Å². The summed E-state index contributed by atoms with van der Waals surface area (Å²) < 4.78 is 7.77. The zero-order valence-corrected chi connectivity index (χ0v) is 12.5. The number of benzene rings is 1. The number of rotatable bonds is 0. The zero-order chi connectivity index (χ0) is 12.9. The molecule has 1 aliphatic rings. The van der Waals surface area contributed by atoms with Crippen LogP contribution in [0.25, 0.3) is 10.9 Å². The Labute approximate surface area is 119 Å². The molecule has 0 amide bonds. The lowest BCUT2D eigenvalue weighted by Crippen LogP contribution is -2.31. The lowest BCUT2D eigenvalue weighted by molar-refractivity contribution is 0.280. The fourth-order valence-electron chi connectivity index (χ4n) is 2.57. The number of alkyl halides is 1. The van der Waals surface area contributed by atoms with Gasteiger partial charge in [-0.15, -0.1) is 0 Å². The minimum atomic E-state index is -0.0288. The molecule has 0 bridgehead atoms. The maximum Gasteiger partial charge on any atom is 0.293 e. The molecule has 18 heavy (non-hydrogen) atoms. The standard InChI is InChI=1S/C14H14INO2/c1-8-10(15)7-18-13-12(8)9-5-3-4-6-11(9)16(2)14(13)17/h3-6,8,10H,7H2,1-2H3. The molecule has 3 nitrogen and oxygen atoms in total. The van der Waals surface area contributed by atoms with Crippen molar-refractivity contribution in [2.75, 3.05) is 6.61 Å². The molecule has 2 aromatic rings. The molecule has 2 atom stereocenters. The summed E-state index contributed by atoms with van der Waals surface area (Å²) in [5, 5.41) is 1.13. The number of pyridine rings is 1. The van der Waals surface area contributed by atoms with Crippen molar-refractivity contribution in [2.24, 2.45) is 7.05 Å². The second kappa shape index (κ2) is 4.26. The second-order valence-electron chi connectivity index (χ2n) is 4.74. The van der Waals surface area contributed by atoms with E-state index in [9.17, 15) is 4.79 Å². The van der Waals surface area contributed by atoms with Gasteiger partial charge in [-0.25, -0.2) is 0 Å². The molecule has 0 spiro atoms. The number of para-hydroxylation sites is 1. The molecule has 0 N–H and O–H groups in total. The van der Waals surface area contributed by atoms with Gasteiger partial charge in [0.05, 0.1) is 9.44 Å². The molecule has 3 rings (SSSR count). The van der Waals surface area contributed by atoms with E-state index in [1.54, 1.807) is 11.6 Å². The number of hydrogen-bond donors (Lipinski definition) is 0. The predicted molar refractivity (Wildman–Crippen MR) is 80.9 cm³/mol. The van der Waals surface area contributed by atoms with E-state index in [0.29, 0.717) is 22.2 Å². The molecule has 0 aliphatic carbocycles. The SMILES string of the molecule is CC1c2c(c(=O)n(C)c3ccccc23)OCC1I. The van der Waals surface area contributed by atoms with Crippen LogP contribution >= 0.6 is 22.6 Å². The fourth-order valence-corrected chi connectivity index (χ4v) is 3.11. The van der Waals surface area contributed by atoms with Gasteiger partial charge >= 0.3 is 0 Å². The smallest absolute Gasteiger partial charge is 0.293 e. The third-order valence-electron chi connectivity index (χ3n) is 3.68. The Morgan fingerprint density at radius 3 is 2.89 bits per heavy atom. The summed E-state index contributed by atoms with van der Waals surface area (Å²) in [5.41, 5.74) is 2.01. The van der Waals surface area contributed by atoms with Gasteiger partial charge in [-0.1, -0.05) is 47.7 Å². The molecule has 1 aromatic carbocycles. The zero-order valence-electron chi connectivity index (χ0n) is 10.3. The lowest BCUT2D eigenvalue weighted by Gasteiger charge is -2.29. The lowest BCUT2D eigenvalue weighted by atomic mass is 9.92. The minimum absolute atomic E-state index is 0.0288. The number of aromatic nitrogens is 1. The van der Waals surface area contributed by atoms with Gasteiger partial charge in [-0.2, -0.15) is 0 Å². The van der Waals surface area contributed by atoms with E-state index in [1.807, 2.05) is 18.2 Å². The number of aryl methyl sites for hydroxylation is 1. The Bertz CT molecular complexity index is 677. The third-order valence-corrected chi connectivity index (χ3v) is 5.12. The maximum atomic E-state index is 12.3. The van der Waals surface area contributed by atoms with Crippen LogP contribution < -0.4 is 10.3 Å². The van der Waals surface area contributed by atoms with Crippen molar-refractivity contribution in [3.8, 4) is 5.75 Å². The van der Waals surface area contributed by atoms with Gasteiger partial charge in [-0.05, 0) is 6.07 Å². The molecule has 0 saturated carbocycles. The Kier molecular flexibility index (Phi) is 2.84. The molecule has 1 aliphatic heterocycles. The van der Waals surface area contributed by atoms with Gasteiger partial charge in [0.1, 0.15) is 6.61 Å². The topological polar surface area (TPSA) is 31.2 Å². The quantitative estimate of drug-likeness (QED) is 0.538. The average molecular weight is 355 g/mol. The van der Waals surface area contributed by atoms with Crippen molar-refractivity contribution in [1.29, 1.82) is 0 Å². The highest BCUT2D eigenvalue weighted by Gasteiger charge is 2.30. The van der Waals surface area contributed by atoms with Crippen LogP contribution in [0.1, 0.15) is 18.4 Å². The molecule has 4 heteroatoms. The third kappa shape index (κ3) is 1.58. The van der Waals surface area contributed by atoms with Crippen LogP contribution in [0.2, 0.25) is 0 Å². The molecule has 0 saturated heterocycles. The first-order valence-electron chi connectivity index (χ1n) is 5.99. The van der Waals surface area contributed by atoms with E-state index in [-0.39, 0.29) is 5.56 Å².